The van der Waals surface area contributed by atoms with Crippen LogP contribution in [0.15, 0.2) is 71.1 Å². The highest BCUT2D eigenvalue weighted by Crippen LogP contribution is 2.45. The number of hydrogen-bond acceptors (Lipinski definition) is 6. The van der Waals surface area contributed by atoms with Gasteiger partial charge in [-0.25, -0.2) is 9.78 Å². The number of carbonyl (C=O) groups is 1. The van der Waals surface area contributed by atoms with Crippen LogP contribution >= 0.6 is 0 Å². The molecule has 0 spiro atoms. The minimum absolute atomic E-state index is 0.00630. The van der Waals surface area contributed by atoms with Crippen LogP contribution < -0.4 is 0 Å². The number of fused-ring (bicyclic) bond motifs is 6. The van der Waals surface area contributed by atoms with Crippen molar-refractivity contribution in [3.63, 3.8) is 0 Å². The molecule has 7 nitrogen and oxygen atoms in total. The summed E-state index contributed by atoms with van der Waals surface area (Å²) in [5.41, 5.74) is 5.91. The Morgan fingerprint density at radius 2 is 1.68 bits per heavy atom. The number of morpholine rings is 1. The summed E-state index contributed by atoms with van der Waals surface area (Å²) in [4.78, 5) is 19.7. The Morgan fingerprint density at radius 1 is 1.03 bits per heavy atom. The first-order valence-corrected chi connectivity index (χ1v) is 12.8. The highest BCUT2D eigenvalue weighted by Gasteiger charge is 2.49. The smallest absolute Gasteiger partial charge is 0.410 e. The van der Waals surface area contributed by atoms with Crippen molar-refractivity contribution < 1.29 is 23.8 Å². The second kappa shape index (κ2) is 8.43. The van der Waals surface area contributed by atoms with Crippen LogP contribution in [0.1, 0.15) is 41.3 Å². The Bertz CT molecular complexity index is 1450. The number of benzene rings is 3. The zero-order valence-electron chi connectivity index (χ0n) is 20.6. The molecule has 1 aliphatic carbocycles. The van der Waals surface area contributed by atoms with Crippen molar-refractivity contribution in [2.24, 2.45) is 0 Å². The van der Waals surface area contributed by atoms with Crippen molar-refractivity contribution in [2.45, 2.75) is 43.4 Å². The van der Waals surface area contributed by atoms with Crippen LogP contribution in [0.3, 0.4) is 0 Å². The normalized spacial score (nSPS) is 24.6. The number of amides is 1. The third-order valence-corrected chi connectivity index (χ3v) is 8.13. The predicted molar refractivity (Wildman–Crippen MR) is 137 cm³/mol. The molecule has 2 fully saturated rings. The molecule has 1 amide bonds. The molecule has 37 heavy (non-hydrogen) atoms. The largest absolute Gasteiger partial charge is 0.448 e. The van der Waals surface area contributed by atoms with Gasteiger partial charge in [0.25, 0.3) is 0 Å². The van der Waals surface area contributed by atoms with E-state index in [-0.39, 0.29) is 30.7 Å². The van der Waals surface area contributed by atoms with Gasteiger partial charge in [-0.05, 0) is 39.9 Å². The molecule has 0 radical (unpaired) electrons. The Kier molecular flexibility index (Phi) is 5.13. The second-order valence-electron chi connectivity index (χ2n) is 10.4. The van der Waals surface area contributed by atoms with Gasteiger partial charge in [-0.1, -0.05) is 54.6 Å². The predicted octanol–water partition coefficient (Wildman–Crippen LogP) is 5.14. The molecule has 2 atom stereocenters. The van der Waals surface area contributed by atoms with E-state index in [0.29, 0.717) is 37.5 Å². The summed E-state index contributed by atoms with van der Waals surface area (Å²) in [7, 11) is 0. The Labute approximate surface area is 214 Å². The molecule has 3 aromatic carbocycles. The number of hydrogen-bond donors (Lipinski definition) is 1. The van der Waals surface area contributed by atoms with Gasteiger partial charge in [0.1, 0.15) is 12.1 Å². The second-order valence-corrected chi connectivity index (χ2v) is 10.4. The van der Waals surface area contributed by atoms with Gasteiger partial charge in [-0.3, -0.25) is 4.90 Å². The van der Waals surface area contributed by atoms with Crippen molar-refractivity contribution in [1.29, 1.82) is 0 Å². The monoisotopic (exact) mass is 496 g/mol. The van der Waals surface area contributed by atoms with Crippen LogP contribution in [-0.2, 0) is 15.1 Å². The molecule has 0 saturated carbocycles. The first-order valence-electron chi connectivity index (χ1n) is 12.8. The molecule has 7 heteroatoms. The van der Waals surface area contributed by atoms with E-state index in [9.17, 15) is 9.90 Å². The van der Waals surface area contributed by atoms with Crippen LogP contribution in [0.2, 0.25) is 0 Å². The van der Waals surface area contributed by atoms with Crippen LogP contribution in [-0.4, -0.2) is 53.0 Å². The molecule has 3 aliphatic rings. The van der Waals surface area contributed by atoms with E-state index < -0.39 is 5.60 Å². The van der Waals surface area contributed by atoms with Crippen LogP contribution in [0.5, 0.6) is 0 Å². The van der Waals surface area contributed by atoms with E-state index in [1.165, 1.54) is 22.3 Å². The molecule has 2 saturated heterocycles. The zero-order valence-corrected chi connectivity index (χ0v) is 20.6. The van der Waals surface area contributed by atoms with Gasteiger partial charge in [0.05, 0.1) is 30.9 Å². The Hall–Kier alpha value is -3.68. The number of nitrogens with zero attached hydrogens (tertiary/aromatic N) is 2. The van der Waals surface area contributed by atoms with Crippen molar-refractivity contribution >= 4 is 17.2 Å². The van der Waals surface area contributed by atoms with E-state index in [1.807, 2.05) is 49.4 Å². The SMILES string of the molecule is Cc1nc2cc(C3(O)CC4COCC(C3)N4C(=O)OCC3c4ccccc4-c4ccccc43)ccc2o1. The topological polar surface area (TPSA) is 85.0 Å². The molecule has 4 aromatic rings. The molecule has 2 aliphatic heterocycles. The van der Waals surface area contributed by atoms with Gasteiger partial charge >= 0.3 is 6.09 Å². The van der Waals surface area contributed by atoms with Crippen LogP contribution in [0.25, 0.3) is 22.2 Å². The Balaban J connectivity index is 1.11. The summed E-state index contributed by atoms with van der Waals surface area (Å²) in [6.07, 6.45) is 0.399. The van der Waals surface area contributed by atoms with Crippen molar-refractivity contribution in [2.75, 3.05) is 19.8 Å². The number of carbonyl (C=O) groups excluding carboxylic acids is 1. The average molecular weight is 497 g/mol. The number of oxazole rings is 1. The van der Waals surface area contributed by atoms with E-state index in [2.05, 4.69) is 29.2 Å². The molecule has 188 valence electrons. The lowest BCUT2D eigenvalue weighted by Crippen LogP contribution is -2.62. The average Bonchev–Trinajstić information content (AvgIpc) is 3.43. The van der Waals surface area contributed by atoms with Gasteiger partial charge in [0, 0.05) is 25.7 Å². The summed E-state index contributed by atoms with van der Waals surface area (Å²) < 4.78 is 17.4. The Morgan fingerprint density at radius 3 is 2.35 bits per heavy atom. The minimum atomic E-state index is -1.08. The number of aliphatic hydroxyl groups is 1. The fraction of sp³-hybridized carbons (Fsp3) is 0.333. The molecule has 2 unspecified atom stereocenters. The lowest BCUT2D eigenvalue weighted by atomic mass is 9.77. The molecule has 1 N–H and O–H groups in total. The highest BCUT2D eigenvalue weighted by atomic mass is 16.6. The van der Waals surface area contributed by atoms with Crippen LogP contribution in [0.4, 0.5) is 4.79 Å². The third-order valence-electron chi connectivity index (χ3n) is 8.13. The zero-order chi connectivity index (χ0) is 25.1. The van der Waals surface area contributed by atoms with Gasteiger partial charge < -0.3 is 19.0 Å². The maximum absolute atomic E-state index is 13.5. The van der Waals surface area contributed by atoms with E-state index >= 15 is 0 Å². The minimum Gasteiger partial charge on any atom is -0.448 e. The van der Waals surface area contributed by atoms with E-state index in [4.69, 9.17) is 13.9 Å². The molecule has 2 bridgehead atoms. The molecule has 1 aromatic heterocycles. The number of ether oxygens (including phenoxy) is 2. The highest BCUT2D eigenvalue weighted by molar-refractivity contribution is 5.79. The lowest BCUT2D eigenvalue weighted by molar-refractivity contribution is -0.136. The summed E-state index contributed by atoms with van der Waals surface area (Å²) in [5, 5.41) is 11.7. The molecular formula is C30H28N2O5. The van der Waals surface area contributed by atoms with Gasteiger partial charge in [0.15, 0.2) is 11.5 Å². The number of piperidine rings is 1. The number of rotatable bonds is 3. The molecular weight excluding hydrogens is 468 g/mol. The first kappa shape index (κ1) is 22.5. The molecule has 3 heterocycles. The maximum Gasteiger partial charge on any atom is 0.410 e. The third kappa shape index (κ3) is 3.64. The fourth-order valence-electron chi connectivity index (χ4n) is 6.51. The van der Waals surface area contributed by atoms with Crippen molar-refractivity contribution in [1.82, 2.24) is 9.88 Å². The first-order chi connectivity index (χ1) is 18.0. The van der Waals surface area contributed by atoms with Crippen molar-refractivity contribution in [3.8, 4) is 11.1 Å². The number of aryl methyl sites for hydroxylation is 1. The van der Waals surface area contributed by atoms with Gasteiger partial charge in [-0.2, -0.15) is 0 Å². The molecule has 7 rings (SSSR count). The maximum atomic E-state index is 13.5. The quantitative estimate of drug-likeness (QED) is 0.423. The van der Waals surface area contributed by atoms with E-state index in [1.54, 1.807) is 4.90 Å². The standard InChI is InChI=1S/C30H28N2O5/c1-18-31-27-12-19(10-11-28(27)37-18)30(34)13-20-15-35-16-21(14-30)32(20)29(33)36-17-26-24-8-4-2-6-22(24)23-7-3-5-9-25(23)26/h2-12,20-21,26,34H,13-17H2,1H3. The van der Waals surface area contributed by atoms with E-state index in [0.717, 1.165) is 11.1 Å². The summed E-state index contributed by atoms with van der Waals surface area (Å²) in [5.74, 6) is 0.598. The lowest BCUT2D eigenvalue weighted by Gasteiger charge is -2.51. The summed E-state index contributed by atoms with van der Waals surface area (Å²) in [6, 6.07) is 21.7. The number of aromatic nitrogens is 1. The van der Waals surface area contributed by atoms with Crippen molar-refractivity contribution in [3.05, 3.63) is 89.3 Å². The van der Waals surface area contributed by atoms with Gasteiger partial charge in [0.2, 0.25) is 0 Å². The van der Waals surface area contributed by atoms with Crippen LogP contribution in [0, 0.1) is 6.92 Å². The summed E-state index contributed by atoms with van der Waals surface area (Å²) >= 11 is 0. The fourth-order valence-corrected chi connectivity index (χ4v) is 6.51. The summed E-state index contributed by atoms with van der Waals surface area (Å²) in [6.45, 7) is 2.82. The van der Waals surface area contributed by atoms with Gasteiger partial charge in [-0.15, -0.1) is 0 Å².